The van der Waals surface area contributed by atoms with Crippen LogP contribution in [-0.4, -0.2) is 13.2 Å². The number of rotatable bonds is 3. The highest BCUT2D eigenvalue weighted by molar-refractivity contribution is 5.46. The molecule has 1 saturated carbocycles. The van der Waals surface area contributed by atoms with Gasteiger partial charge >= 0.3 is 0 Å². The van der Waals surface area contributed by atoms with Crippen LogP contribution in [0.25, 0.3) is 0 Å². The molecule has 3 heteroatoms. The van der Waals surface area contributed by atoms with Crippen molar-refractivity contribution in [2.45, 2.75) is 31.7 Å². The van der Waals surface area contributed by atoms with Crippen molar-refractivity contribution < 1.29 is 9.53 Å². The molecule has 0 aromatic heterocycles. The third kappa shape index (κ3) is 1.63. The SMILES string of the molecule is COc1ccc(C)cc1C1(N=C=O)CCC1. The lowest BCUT2D eigenvalue weighted by molar-refractivity contribution is 0.246. The number of nitrogens with zero attached hydrogens (tertiary/aromatic N) is 1. The Morgan fingerprint density at radius 3 is 2.69 bits per heavy atom. The number of aliphatic imine (C=N–C) groups is 1. The van der Waals surface area contributed by atoms with Crippen molar-refractivity contribution in [1.82, 2.24) is 0 Å². The summed E-state index contributed by atoms with van der Waals surface area (Å²) < 4.78 is 5.34. The molecular formula is C13H15NO2. The average molecular weight is 217 g/mol. The van der Waals surface area contributed by atoms with Crippen molar-refractivity contribution in [2.24, 2.45) is 4.99 Å². The Morgan fingerprint density at radius 2 is 2.19 bits per heavy atom. The molecule has 0 atom stereocenters. The van der Waals surface area contributed by atoms with E-state index >= 15 is 0 Å². The quantitative estimate of drug-likeness (QED) is 0.576. The smallest absolute Gasteiger partial charge is 0.235 e. The summed E-state index contributed by atoms with van der Waals surface area (Å²) in [5.41, 5.74) is 1.80. The third-order valence-corrected chi connectivity index (χ3v) is 3.30. The number of isocyanates is 1. The van der Waals surface area contributed by atoms with Gasteiger partial charge in [-0.25, -0.2) is 4.79 Å². The van der Waals surface area contributed by atoms with Crippen LogP contribution in [0.15, 0.2) is 23.2 Å². The van der Waals surface area contributed by atoms with Crippen molar-refractivity contribution >= 4 is 6.08 Å². The first-order valence-electron chi connectivity index (χ1n) is 5.46. The van der Waals surface area contributed by atoms with Crippen molar-refractivity contribution in [3.8, 4) is 5.75 Å². The van der Waals surface area contributed by atoms with Crippen LogP contribution in [0.4, 0.5) is 0 Å². The van der Waals surface area contributed by atoms with E-state index in [0.29, 0.717) is 0 Å². The zero-order chi connectivity index (χ0) is 11.6. The topological polar surface area (TPSA) is 38.7 Å². The van der Waals surface area contributed by atoms with Crippen LogP contribution >= 0.6 is 0 Å². The Morgan fingerprint density at radius 1 is 1.44 bits per heavy atom. The predicted octanol–water partition coefficient (Wildman–Crippen LogP) is 2.72. The molecule has 1 aromatic carbocycles. The second kappa shape index (κ2) is 4.11. The van der Waals surface area contributed by atoms with E-state index in [0.717, 1.165) is 36.1 Å². The molecule has 0 heterocycles. The van der Waals surface area contributed by atoms with E-state index in [1.165, 1.54) is 0 Å². The molecule has 84 valence electrons. The van der Waals surface area contributed by atoms with Gasteiger partial charge in [-0.15, -0.1) is 0 Å². The molecule has 0 bridgehead atoms. The van der Waals surface area contributed by atoms with Gasteiger partial charge in [0.2, 0.25) is 6.08 Å². The van der Waals surface area contributed by atoms with Gasteiger partial charge in [0.1, 0.15) is 11.3 Å². The summed E-state index contributed by atoms with van der Waals surface area (Å²) in [6.45, 7) is 2.03. The Bertz CT molecular complexity index is 443. The highest BCUT2D eigenvalue weighted by Crippen LogP contribution is 2.48. The maximum absolute atomic E-state index is 10.5. The summed E-state index contributed by atoms with van der Waals surface area (Å²) in [4.78, 5) is 14.5. The van der Waals surface area contributed by atoms with E-state index < -0.39 is 0 Å². The van der Waals surface area contributed by atoms with Crippen LogP contribution in [-0.2, 0) is 10.3 Å². The fraction of sp³-hybridized carbons (Fsp3) is 0.462. The maximum atomic E-state index is 10.5. The standard InChI is InChI=1S/C13H15NO2/c1-10-4-5-12(16-2)11(8-10)13(14-9-15)6-3-7-13/h4-5,8H,3,6-7H2,1-2H3. The van der Waals surface area contributed by atoms with Gasteiger partial charge in [-0.05, 0) is 38.3 Å². The molecule has 0 unspecified atom stereocenters. The van der Waals surface area contributed by atoms with Crippen LogP contribution in [0.2, 0.25) is 0 Å². The highest BCUT2D eigenvalue weighted by Gasteiger charge is 2.41. The van der Waals surface area contributed by atoms with Crippen LogP contribution in [0, 0.1) is 6.92 Å². The minimum absolute atomic E-state index is 0.376. The second-order valence-electron chi connectivity index (χ2n) is 4.29. The molecule has 16 heavy (non-hydrogen) atoms. The Labute approximate surface area is 95.2 Å². The predicted molar refractivity (Wildman–Crippen MR) is 61.4 cm³/mol. The zero-order valence-corrected chi connectivity index (χ0v) is 9.62. The Hall–Kier alpha value is -1.60. The number of methoxy groups -OCH3 is 1. The molecule has 0 spiro atoms. The van der Waals surface area contributed by atoms with Crippen LogP contribution in [0.3, 0.4) is 0 Å². The summed E-state index contributed by atoms with van der Waals surface area (Å²) >= 11 is 0. The normalized spacial score (nSPS) is 17.1. The average Bonchev–Trinajstić information content (AvgIpc) is 2.23. The molecule has 2 rings (SSSR count). The first-order valence-corrected chi connectivity index (χ1v) is 5.46. The summed E-state index contributed by atoms with van der Waals surface area (Å²) in [5, 5.41) is 0. The van der Waals surface area contributed by atoms with Crippen molar-refractivity contribution in [3.63, 3.8) is 0 Å². The largest absolute Gasteiger partial charge is 0.496 e. The Balaban J connectivity index is 2.52. The molecule has 1 aliphatic rings. The molecule has 0 aliphatic heterocycles. The lowest BCUT2D eigenvalue weighted by Crippen LogP contribution is -2.32. The lowest BCUT2D eigenvalue weighted by Gasteiger charge is -2.38. The third-order valence-electron chi connectivity index (χ3n) is 3.30. The van der Waals surface area contributed by atoms with Gasteiger partial charge in [0.25, 0.3) is 0 Å². The fourth-order valence-corrected chi connectivity index (χ4v) is 2.23. The van der Waals surface area contributed by atoms with Gasteiger partial charge in [0.15, 0.2) is 0 Å². The van der Waals surface area contributed by atoms with Crippen LogP contribution in [0.5, 0.6) is 5.75 Å². The van der Waals surface area contributed by atoms with Gasteiger partial charge in [-0.2, -0.15) is 4.99 Å². The summed E-state index contributed by atoms with van der Waals surface area (Å²) in [6.07, 6.45) is 4.61. The lowest BCUT2D eigenvalue weighted by atomic mass is 9.72. The zero-order valence-electron chi connectivity index (χ0n) is 9.62. The van der Waals surface area contributed by atoms with Crippen LogP contribution < -0.4 is 4.74 Å². The van der Waals surface area contributed by atoms with E-state index in [4.69, 9.17) is 4.74 Å². The molecule has 1 fully saturated rings. The summed E-state index contributed by atoms with van der Waals surface area (Å²) in [7, 11) is 1.64. The van der Waals surface area contributed by atoms with Gasteiger partial charge in [-0.3, -0.25) is 0 Å². The highest BCUT2D eigenvalue weighted by atomic mass is 16.5. The van der Waals surface area contributed by atoms with E-state index in [2.05, 4.69) is 11.1 Å². The molecular weight excluding hydrogens is 202 g/mol. The minimum atomic E-state index is -0.376. The van der Waals surface area contributed by atoms with Gasteiger partial charge in [0.05, 0.1) is 7.11 Å². The van der Waals surface area contributed by atoms with Crippen molar-refractivity contribution in [3.05, 3.63) is 29.3 Å². The molecule has 0 amide bonds. The summed E-state index contributed by atoms with van der Waals surface area (Å²) in [6, 6.07) is 5.99. The van der Waals surface area contributed by atoms with E-state index in [1.54, 1.807) is 13.2 Å². The van der Waals surface area contributed by atoms with Crippen molar-refractivity contribution in [1.29, 1.82) is 0 Å². The number of carbonyl (C=O) groups excluding carboxylic acids is 1. The summed E-state index contributed by atoms with van der Waals surface area (Å²) in [5.74, 6) is 0.810. The Kier molecular flexibility index (Phi) is 2.80. The van der Waals surface area contributed by atoms with E-state index in [1.807, 2.05) is 19.1 Å². The van der Waals surface area contributed by atoms with Gasteiger partial charge < -0.3 is 4.74 Å². The molecule has 1 aromatic rings. The second-order valence-corrected chi connectivity index (χ2v) is 4.29. The van der Waals surface area contributed by atoms with Crippen molar-refractivity contribution in [2.75, 3.05) is 7.11 Å². The molecule has 1 aliphatic carbocycles. The monoisotopic (exact) mass is 217 g/mol. The fourth-order valence-electron chi connectivity index (χ4n) is 2.23. The number of ether oxygens (including phenoxy) is 1. The first kappa shape index (κ1) is 10.9. The number of hydrogen-bond donors (Lipinski definition) is 0. The number of hydrogen-bond acceptors (Lipinski definition) is 3. The molecule has 3 nitrogen and oxygen atoms in total. The van der Waals surface area contributed by atoms with E-state index in [-0.39, 0.29) is 5.54 Å². The van der Waals surface area contributed by atoms with Gasteiger partial charge in [-0.1, -0.05) is 11.6 Å². The minimum Gasteiger partial charge on any atom is -0.496 e. The first-order chi connectivity index (χ1) is 7.72. The number of aryl methyl sites for hydroxylation is 1. The maximum Gasteiger partial charge on any atom is 0.235 e. The molecule has 0 saturated heterocycles. The van der Waals surface area contributed by atoms with E-state index in [9.17, 15) is 4.79 Å². The van der Waals surface area contributed by atoms with Crippen LogP contribution in [0.1, 0.15) is 30.4 Å². The molecule has 0 N–H and O–H groups in total. The molecule has 0 radical (unpaired) electrons. The van der Waals surface area contributed by atoms with Gasteiger partial charge in [0, 0.05) is 5.56 Å². The number of benzene rings is 1.